The number of rotatable bonds is 3. The quantitative estimate of drug-likeness (QED) is 0.615. The summed E-state index contributed by atoms with van der Waals surface area (Å²) in [6, 6.07) is 9.39. The molecule has 0 aliphatic rings. The molecule has 1 rings (SSSR count). The van der Waals surface area contributed by atoms with Crippen LogP contribution in [0.15, 0.2) is 30.3 Å². The van der Waals surface area contributed by atoms with Gasteiger partial charge in [0.1, 0.15) is 0 Å². The zero-order valence-electron chi connectivity index (χ0n) is 9.14. The van der Waals surface area contributed by atoms with Gasteiger partial charge >= 0.3 is 5.97 Å². The van der Waals surface area contributed by atoms with Crippen LogP contribution in [0.3, 0.4) is 0 Å². The molecule has 0 saturated carbocycles. The fourth-order valence-corrected chi connectivity index (χ4v) is 1.09. The van der Waals surface area contributed by atoms with Crippen molar-refractivity contribution in [2.24, 2.45) is 0 Å². The third-order valence-electron chi connectivity index (χ3n) is 1.86. The van der Waals surface area contributed by atoms with E-state index in [0.29, 0.717) is 0 Å². The van der Waals surface area contributed by atoms with Crippen molar-refractivity contribution in [1.29, 1.82) is 0 Å². The standard InChI is InChI=1S/C13H14O3/c1-2-16-13(15)12(14)10-6-9-11-7-4-3-5-8-11/h3-5,7-8,12,14H,2,10H2,1H3/t12-/m1/s1. The summed E-state index contributed by atoms with van der Waals surface area (Å²) in [7, 11) is 0. The Morgan fingerprint density at radius 3 is 2.75 bits per heavy atom. The van der Waals surface area contributed by atoms with Crippen LogP contribution in [0.4, 0.5) is 0 Å². The Balaban J connectivity index is 2.46. The highest BCUT2D eigenvalue weighted by molar-refractivity contribution is 5.74. The molecule has 0 saturated heterocycles. The van der Waals surface area contributed by atoms with E-state index in [1.54, 1.807) is 6.92 Å². The smallest absolute Gasteiger partial charge is 0.335 e. The number of aliphatic hydroxyl groups excluding tert-OH is 1. The normalized spacial score (nSPS) is 11.1. The van der Waals surface area contributed by atoms with Crippen molar-refractivity contribution in [3.05, 3.63) is 35.9 Å². The molecule has 0 fully saturated rings. The molecule has 0 heterocycles. The maximum atomic E-state index is 11.0. The molecular formula is C13H14O3. The Kier molecular flexibility index (Phi) is 5.10. The third kappa shape index (κ3) is 4.16. The highest BCUT2D eigenvalue weighted by Gasteiger charge is 2.13. The molecule has 0 aromatic heterocycles. The number of carbonyl (C=O) groups is 1. The maximum Gasteiger partial charge on any atom is 0.335 e. The Morgan fingerprint density at radius 2 is 2.12 bits per heavy atom. The first kappa shape index (κ1) is 12.3. The fourth-order valence-electron chi connectivity index (χ4n) is 1.09. The van der Waals surface area contributed by atoms with E-state index < -0.39 is 12.1 Å². The van der Waals surface area contributed by atoms with Gasteiger partial charge in [0.2, 0.25) is 0 Å². The van der Waals surface area contributed by atoms with Crippen LogP contribution in [0.25, 0.3) is 0 Å². The van der Waals surface area contributed by atoms with Gasteiger partial charge in [-0.2, -0.15) is 0 Å². The minimum Gasteiger partial charge on any atom is -0.464 e. The Bertz CT molecular complexity index is 387. The molecule has 0 bridgehead atoms. The van der Waals surface area contributed by atoms with Crippen molar-refractivity contribution in [1.82, 2.24) is 0 Å². The predicted molar refractivity (Wildman–Crippen MR) is 60.6 cm³/mol. The van der Waals surface area contributed by atoms with E-state index in [2.05, 4.69) is 16.6 Å². The fraction of sp³-hybridized carbons (Fsp3) is 0.308. The first-order valence-electron chi connectivity index (χ1n) is 5.12. The van der Waals surface area contributed by atoms with E-state index in [4.69, 9.17) is 0 Å². The predicted octanol–water partition coefficient (Wildman–Crippen LogP) is 1.35. The molecule has 1 aromatic carbocycles. The van der Waals surface area contributed by atoms with Crippen LogP contribution in [0.1, 0.15) is 18.9 Å². The molecule has 0 unspecified atom stereocenters. The summed E-state index contributed by atoms with van der Waals surface area (Å²) in [5.74, 6) is 4.97. The Morgan fingerprint density at radius 1 is 1.44 bits per heavy atom. The van der Waals surface area contributed by atoms with E-state index >= 15 is 0 Å². The molecular weight excluding hydrogens is 204 g/mol. The van der Waals surface area contributed by atoms with Gasteiger partial charge in [0.05, 0.1) is 6.61 Å². The van der Waals surface area contributed by atoms with E-state index in [1.165, 1.54) is 0 Å². The van der Waals surface area contributed by atoms with Crippen molar-refractivity contribution >= 4 is 5.97 Å². The van der Waals surface area contributed by atoms with Crippen molar-refractivity contribution in [2.75, 3.05) is 6.61 Å². The van der Waals surface area contributed by atoms with Gasteiger partial charge in [-0.25, -0.2) is 4.79 Å². The Labute approximate surface area is 95.1 Å². The largest absolute Gasteiger partial charge is 0.464 e. The summed E-state index contributed by atoms with van der Waals surface area (Å²) in [6.07, 6.45) is -1.07. The maximum absolute atomic E-state index is 11.0. The first-order valence-corrected chi connectivity index (χ1v) is 5.12. The van der Waals surface area contributed by atoms with Crippen molar-refractivity contribution in [2.45, 2.75) is 19.4 Å². The summed E-state index contributed by atoms with van der Waals surface area (Å²) in [5.41, 5.74) is 0.860. The van der Waals surface area contributed by atoms with Crippen LogP contribution in [0.5, 0.6) is 0 Å². The summed E-state index contributed by atoms with van der Waals surface area (Å²) in [4.78, 5) is 11.0. The summed E-state index contributed by atoms with van der Waals surface area (Å²) >= 11 is 0. The lowest BCUT2D eigenvalue weighted by Crippen LogP contribution is -2.22. The topological polar surface area (TPSA) is 46.5 Å². The summed E-state index contributed by atoms with van der Waals surface area (Å²) < 4.78 is 4.65. The molecule has 0 aliphatic carbocycles. The molecule has 1 aromatic rings. The highest BCUT2D eigenvalue weighted by Crippen LogP contribution is 1.97. The lowest BCUT2D eigenvalue weighted by Gasteiger charge is -2.04. The van der Waals surface area contributed by atoms with Crippen LogP contribution < -0.4 is 0 Å². The second kappa shape index (κ2) is 6.65. The molecule has 3 nitrogen and oxygen atoms in total. The van der Waals surface area contributed by atoms with Gasteiger partial charge in [-0.05, 0) is 19.1 Å². The molecule has 0 radical (unpaired) electrons. The molecule has 3 heteroatoms. The van der Waals surface area contributed by atoms with Crippen molar-refractivity contribution < 1.29 is 14.6 Å². The Hall–Kier alpha value is -1.79. The lowest BCUT2D eigenvalue weighted by molar-refractivity contribution is -0.152. The van der Waals surface area contributed by atoms with Crippen LogP contribution in [-0.4, -0.2) is 23.8 Å². The van der Waals surface area contributed by atoms with Gasteiger partial charge in [0.15, 0.2) is 6.10 Å². The molecule has 0 spiro atoms. The molecule has 0 aliphatic heterocycles. The van der Waals surface area contributed by atoms with Gasteiger partial charge in [0, 0.05) is 12.0 Å². The molecule has 1 atom stereocenters. The van der Waals surface area contributed by atoms with Crippen molar-refractivity contribution in [3.8, 4) is 11.8 Å². The zero-order valence-corrected chi connectivity index (χ0v) is 9.14. The van der Waals surface area contributed by atoms with Crippen LogP contribution in [0, 0.1) is 11.8 Å². The van der Waals surface area contributed by atoms with Gasteiger partial charge in [-0.3, -0.25) is 0 Å². The second-order valence-corrected chi connectivity index (χ2v) is 3.14. The zero-order chi connectivity index (χ0) is 11.8. The van der Waals surface area contributed by atoms with Gasteiger partial charge in [-0.1, -0.05) is 30.0 Å². The molecule has 1 N–H and O–H groups in total. The van der Waals surface area contributed by atoms with E-state index in [1.807, 2.05) is 30.3 Å². The molecule has 84 valence electrons. The van der Waals surface area contributed by atoms with Crippen molar-refractivity contribution in [3.63, 3.8) is 0 Å². The van der Waals surface area contributed by atoms with Gasteiger partial charge in [-0.15, -0.1) is 0 Å². The minimum atomic E-state index is -1.16. The average Bonchev–Trinajstić information content (AvgIpc) is 2.30. The molecule has 16 heavy (non-hydrogen) atoms. The number of aliphatic hydroxyl groups is 1. The van der Waals surface area contributed by atoms with Crippen LogP contribution >= 0.6 is 0 Å². The number of carbonyl (C=O) groups excluding carboxylic acids is 1. The number of hydrogen-bond acceptors (Lipinski definition) is 3. The third-order valence-corrected chi connectivity index (χ3v) is 1.86. The van der Waals surface area contributed by atoms with E-state index in [-0.39, 0.29) is 13.0 Å². The number of hydrogen-bond donors (Lipinski definition) is 1. The minimum absolute atomic E-state index is 0.0910. The number of ether oxygens (including phenoxy) is 1. The van der Waals surface area contributed by atoms with Gasteiger partial charge in [0.25, 0.3) is 0 Å². The monoisotopic (exact) mass is 218 g/mol. The SMILES string of the molecule is CCOC(=O)[C@H](O)CC#Cc1ccccc1. The number of benzene rings is 1. The van der Waals surface area contributed by atoms with Crippen LogP contribution in [0.2, 0.25) is 0 Å². The second-order valence-electron chi connectivity index (χ2n) is 3.14. The highest BCUT2D eigenvalue weighted by atomic mass is 16.5. The van der Waals surface area contributed by atoms with E-state index in [9.17, 15) is 9.90 Å². The first-order chi connectivity index (χ1) is 7.74. The lowest BCUT2D eigenvalue weighted by atomic mass is 10.2. The van der Waals surface area contributed by atoms with Crippen LogP contribution in [-0.2, 0) is 9.53 Å². The van der Waals surface area contributed by atoms with Gasteiger partial charge < -0.3 is 9.84 Å². The summed E-state index contributed by atoms with van der Waals surface area (Å²) in [6.45, 7) is 1.96. The number of esters is 1. The molecule has 0 amide bonds. The average molecular weight is 218 g/mol. The summed E-state index contributed by atoms with van der Waals surface area (Å²) in [5, 5.41) is 9.35. The van der Waals surface area contributed by atoms with E-state index in [0.717, 1.165) is 5.56 Å².